The summed E-state index contributed by atoms with van der Waals surface area (Å²) in [4.78, 5) is 16.4. The van der Waals surface area contributed by atoms with Crippen molar-refractivity contribution in [2.45, 2.75) is 34.6 Å². The first-order valence-corrected chi connectivity index (χ1v) is 12.6. The van der Waals surface area contributed by atoms with Crippen molar-refractivity contribution >= 4 is 22.6 Å². The van der Waals surface area contributed by atoms with Crippen LogP contribution in [-0.2, 0) is 9.53 Å². The minimum absolute atomic E-state index is 0.137. The minimum atomic E-state index is -0.422. The molecule has 192 valence electrons. The van der Waals surface area contributed by atoms with E-state index in [2.05, 4.69) is 61.9 Å². The lowest BCUT2D eigenvalue weighted by atomic mass is 9.91. The third kappa shape index (κ3) is 5.53. The van der Waals surface area contributed by atoms with Gasteiger partial charge in [0.1, 0.15) is 30.3 Å². The van der Waals surface area contributed by atoms with Gasteiger partial charge in [-0.2, -0.15) is 0 Å². The number of carbonyl (C=O) groups is 1. The summed E-state index contributed by atoms with van der Waals surface area (Å²) in [5.41, 5.74) is 7.35. The van der Waals surface area contributed by atoms with E-state index < -0.39 is 5.97 Å². The summed E-state index contributed by atoms with van der Waals surface area (Å²) in [6.07, 6.45) is 0. The number of para-hydroxylation sites is 1. The Morgan fingerprint density at radius 3 is 2.54 bits per heavy atom. The van der Waals surface area contributed by atoms with Crippen molar-refractivity contribution < 1.29 is 18.7 Å². The van der Waals surface area contributed by atoms with Crippen LogP contribution < -0.4 is 15.4 Å². The van der Waals surface area contributed by atoms with Gasteiger partial charge < -0.3 is 19.2 Å². The van der Waals surface area contributed by atoms with Crippen LogP contribution in [0.5, 0.6) is 5.75 Å². The zero-order chi connectivity index (χ0) is 26.5. The van der Waals surface area contributed by atoms with Gasteiger partial charge in [0.15, 0.2) is 0 Å². The highest BCUT2D eigenvalue weighted by Gasteiger charge is 2.21. The van der Waals surface area contributed by atoms with Crippen LogP contribution in [0.15, 0.2) is 70.1 Å². The first-order valence-electron chi connectivity index (χ1n) is 12.6. The molecule has 2 aromatic rings. The summed E-state index contributed by atoms with van der Waals surface area (Å²) in [6, 6.07) is 16.3. The average molecular weight is 499 g/mol. The lowest BCUT2D eigenvalue weighted by Crippen LogP contribution is -2.13. The smallest absolute Gasteiger partial charge is 0.333 e. The number of nitrogens with one attached hydrogen (secondary N) is 1. The van der Waals surface area contributed by atoms with Gasteiger partial charge in [0, 0.05) is 58.6 Å². The lowest BCUT2D eigenvalue weighted by molar-refractivity contribution is -0.139. The van der Waals surface area contributed by atoms with E-state index in [4.69, 9.17) is 13.9 Å². The van der Waals surface area contributed by atoms with Gasteiger partial charge in [-0.3, -0.25) is 4.99 Å². The monoisotopic (exact) mass is 498 g/mol. The fourth-order valence-corrected chi connectivity index (χ4v) is 4.41. The topological polar surface area (TPSA) is 73.1 Å². The number of esters is 1. The molecule has 0 radical (unpaired) electrons. The number of aryl methyl sites for hydroxylation is 2. The molecule has 0 spiro atoms. The van der Waals surface area contributed by atoms with Gasteiger partial charge in [0.25, 0.3) is 0 Å². The second-order valence-corrected chi connectivity index (χ2v) is 9.04. The van der Waals surface area contributed by atoms with Crippen LogP contribution >= 0.6 is 0 Å². The van der Waals surface area contributed by atoms with E-state index in [0.717, 1.165) is 62.1 Å². The number of hydrogen-bond donors (Lipinski definition) is 1. The first kappa shape index (κ1) is 26.0. The lowest BCUT2D eigenvalue weighted by Gasteiger charge is -2.20. The molecule has 6 nitrogen and oxygen atoms in total. The van der Waals surface area contributed by atoms with Crippen molar-refractivity contribution in [3.8, 4) is 28.2 Å². The van der Waals surface area contributed by atoms with Crippen LogP contribution in [0.3, 0.4) is 0 Å². The Hall–Kier alpha value is -4.06. The molecule has 0 bridgehead atoms. The second kappa shape index (κ2) is 11.3. The van der Waals surface area contributed by atoms with E-state index >= 15 is 0 Å². The molecule has 1 heterocycles. The Labute approximate surface area is 218 Å². The molecule has 1 N–H and O–H groups in total. The molecule has 4 rings (SSSR count). The molecule has 0 atom stereocenters. The molecular formula is C31H34N2O4. The average Bonchev–Trinajstić information content (AvgIpc) is 2.87. The fraction of sp³-hybridized carbons (Fsp3) is 0.290. The summed E-state index contributed by atoms with van der Waals surface area (Å²) < 4.78 is 17.8. The van der Waals surface area contributed by atoms with Gasteiger partial charge in [-0.1, -0.05) is 24.8 Å². The highest BCUT2D eigenvalue weighted by Crippen LogP contribution is 2.44. The van der Waals surface area contributed by atoms with Crippen molar-refractivity contribution in [2.75, 3.05) is 31.6 Å². The zero-order valence-corrected chi connectivity index (χ0v) is 22.2. The van der Waals surface area contributed by atoms with Crippen LogP contribution in [0.25, 0.3) is 33.4 Å². The van der Waals surface area contributed by atoms with Crippen LogP contribution in [-0.4, -0.2) is 32.3 Å². The SMILES string of the molecule is C=C(C)C(=O)OCCOc1ccccc1-c1c2cc(C)/c(=N\CC)cc-2oc2cc(NCC)c(C)cc12. The summed E-state index contributed by atoms with van der Waals surface area (Å²) >= 11 is 0. The number of rotatable bonds is 9. The Morgan fingerprint density at radius 1 is 1.03 bits per heavy atom. The molecule has 37 heavy (non-hydrogen) atoms. The number of nitrogens with zero attached hydrogens (tertiary/aromatic N) is 1. The molecule has 0 saturated carbocycles. The standard InChI is InChI=1S/C31H34N2O4/c1-7-32-25-17-28-23(15-20(25)5)30(24-16-21(6)26(33-8-2)18-29(24)37-28)22-11-9-10-12-27(22)35-13-14-36-31(34)19(3)4/h9-12,15-18,32H,3,7-8,13-14H2,1-2,4-6H3/b33-26-. The highest BCUT2D eigenvalue weighted by atomic mass is 16.6. The van der Waals surface area contributed by atoms with Crippen molar-refractivity contribution in [3.63, 3.8) is 0 Å². The first-order chi connectivity index (χ1) is 17.8. The molecule has 0 saturated heterocycles. The number of anilines is 1. The molecule has 1 aliphatic carbocycles. The number of ether oxygens (including phenoxy) is 2. The molecule has 0 amide bonds. The quantitative estimate of drug-likeness (QED) is 0.121. The number of hydrogen-bond acceptors (Lipinski definition) is 6. The largest absolute Gasteiger partial charge is 0.489 e. The van der Waals surface area contributed by atoms with Crippen molar-refractivity contribution in [1.82, 2.24) is 0 Å². The van der Waals surface area contributed by atoms with Gasteiger partial charge in [0.05, 0.1) is 5.36 Å². The van der Waals surface area contributed by atoms with Crippen LogP contribution in [0.2, 0.25) is 0 Å². The second-order valence-electron chi connectivity index (χ2n) is 9.04. The van der Waals surface area contributed by atoms with Gasteiger partial charge >= 0.3 is 5.97 Å². The highest BCUT2D eigenvalue weighted by molar-refractivity contribution is 6.04. The van der Waals surface area contributed by atoms with Crippen LogP contribution in [0.1, 0.15) is 31.9 Å². The maximum absolute atomic E-state index is 11.7. The molecule has 2 aromatic carbocycles. The molecule has 0 aromatic heterocycles. The summed E-state index contributed by atoms with van der Waals surface area (Å²) in [5, 5.41) is 5.35. The summed E-state index contributed by atoms with van der Waals surface area (Å²) in [5.74, 6) is 1.04. The molecule has 6 heteroatoms. The normalized spacial score (nSPS) is 11.6. The molecule has 1 aliphatic heterocycles. The predicted molar refractivity (Wildman–Crippen MR) is 149 cm³/mol. The third-order valence-electron chi connectivity index (χ3n) is 6.16. The Morgan fingerprint density at radius 2 is 1.81 bits per heavy atom. The minimum Gasteiger partial charge on any atom is -0.489 e. The molecular weight excluding hydrogens is 464 g/mol. The van der Waals surface area contributed by atoms with Crippen LogP contribution in [0.4, 0.5) is 5.69 Å². The van der Waals surface area contributed by atoms with Crippen molar-refractivity contribution in [3.05, 3.63) is 77.2 Å². The van der Waals surface area contributed by atoms with Gasteiger partial charge in [0.2, 0.25) is 0 Å². The number of benzene rings is 3. The van der Waals surface area contributed by atoms with Gasteiger partial charge in [-0.15, -0.1) is 0 Å². The Balaban J connectivity index is 1.90. The Bertz CT molecular complexity index is 1500. The fourth-order valence-electron chi connectivity index (χ4n) is 4.41. The van der Waals surface area contributed by atoms with E-state index in [1.165, 1.54) is 0 Å². The molecule has 0 unspecified atom stereocenters. The Kier molecular flexibility index (Phi) is 7.97. The van der Waals surface area contributed by atoms with Crippen molar-refractivity contribution in [1.29, 1.82) is 0 Å². The number of fused-ring (bicyclic) bond motifs is 2. The van der Waals surface area contributed by atoms with Crippen LogP contribution in [0, 0.1) is 13.8 Å². The maximum atomic E-state index is 11.7. The van der Waals surface area contributed by atoms with E-state index in [0.29, 0.717) is 17.9 Å². The molecule has 2 aliphatic rings. The van der Waals surface area contributed by atoms with Gasteiger partial charge in [-0.05, 0) is 63.9 Å². The van der Waals surface area contributed by atoms with E-state index in [9.17, 15) is 4.79 Å². The molecule has 0 fully saturated rings. The predicted octanol–water partition coefficient (Wildman–Crippen LogP) is 6.67. The zero-order valence-electron chi connectivity index (χ0n) is 22.2. The summed E-state index contributed by atoms with van der Waals surface area (Å²) in [6.45, 7) is 15.4. The van der Waals surface area contributed by atoms with Crippen molar-refractivity contribution in [2.24, 2.45) is 4.99 Å². The van der Waals surface area contributed by atoms with Gasteiger partial charge in [-0.25, -0.2) is 4.79 Å². The number of carbonyl (C=O) groups excluding carboxylic acids is 1. The third-order valence-corrected chi connectivity index (χ3v) is 6.16. The summed E-state index contributed by atoms with van der Waals surface area (Å²) in [7, 11) is 0. The van der Waals surface area contributed by atoms with E-state index in [-0.39, 0.29) is 13.2 Å². The van der Waals surface area contributed by atoms with E-state index in [1.807, 2.05) is 31.2 Å². The van der Waals surface area contributed by atoms with E-state index in [1.54, 1.807) is 6.92 Å². The maximum Gasteiger partial charge on any atom is 0.333 e.